The molecule has 1 aromatic carbocycles. The lowest BCUT2D eigenvalue weighted by molar-refractivity contribution is -0.0288. The van der Waals surface area contributed by atoms with Crippen LogP contribution in [-0.2, 0) is 4.74 Å². The summed E-state index contributed by atoms with van der Waals surface area (Å²) in [4.78, 5) is 11.3. The van der Waals surface area contributed by atoms with Crippen molar-refractivity contribution in [3.05, 3.63) is 89.9 Å². The van der Waals surface area contributed by atoms with Gasteiger partial charge in [-0.2, -0.15) is 0 Å². The van der Waals surface area contributed by atoms with Gasteiger partial charge < -0.3 is 10.1 Å². The Kier molecular flexibility index (Phi) is 6.29. The van der Waals surface area contributed by atoms with E-state index in [2.05, 4.69) is 57.4 Å². The molecule has 2 aromatic heterocycles. The van der Waals surface area contributed by atoms with Crippen molar-refractivity contribution in [1.82, 2.24) is 14.9 Å². The number of rotatable bonds is 6. The van der Waals surface area contributed by atoms with Gasteiger partial charge in [0.05, 0.1) is 24.2 Å². The van der Waals surface area contributed by atoms with Gasteiger partial charge in [0.1, 0.15) is 11.9 Å². The molecule has 5 nitrogen and oxygen atoms in total. The minimum atomic E-state index is -0.00262. The van der Waals surface area contributed by atoms with Gasteiger partial charge >= 0.3 is 0 Å². The van der Waals surface area contributed by atoms with E-state index in [-0.39, 0.29) is 6.10 Å². The lowest BCUT2D eigenvalue weighted by atomic mass is 10.1. The molecule has 1 atom stereocenters. The first-order chi connectivity index (χ1) is 14.3. The first-order valence-corrected chi connectivity index (χ1v) is 9.96. The summed E-state index contributed by atoms with van der Waals surface area (Å²) in [5.74, 6) is 0.808. The highest BCUT2D eigenvalue weighted by Crippen LogP contribution is 2.23. The lowest BCUT2D eigenvalue weighted by Gasteiger charge is -2.32. The van der Waals surface area contributed by atoms with Crippen molar-refractivity contribution in [3.63, 3.8) is 0 Å². The normalized spacial score (nSPS) is 17.8. The van der Waals surface area contributed by atoms with Crippen LogP contribution < -0.4 is 5.32 Å². The molecule has 3 aromatic rings. The quantitative estimate of drug-likeness (QED) is 0.666. The van der Waals surface area contributed by atoms with E-state index in [0.717, 1.165) is 43.4 Å². The molecular weight excluding hydrogens is 360 g/mol. The number of pyridine rings is 2. The highest BCUT2D eigenvalue weighted by atomic mass is 16.5. The van der Waals surface area contributed by atoms with Crippen LogP contribution in [0.25, 0.3) is 6.08 Å². The van der Waals surface area contributed by atoms with Gasteiger partial charge in [-0.15, -0.1) is 0 Å². The number of morpholine rings is 1. The number of aromatic nitrogens is 2. The summed E-state index contributed by atoms with van der Waals surface area (Å²) in [6.07, 6.45) is 5.86. The Morgan fingerprint density at radius 2 is 1.97 bits per heavy atom. The summed E-state index contributed by atoms with van der Waals surface area (Å²) in [5, 5.41) is 3.26. The zero-order valence-electron chi connectivity index (χ0n) is 16.7. The Balaban J connectivity index is 1.36. The largest absolute Gasteiger partial charge is 0.369 e. The second-order valence-electron chi connectivity index (χ2n) is 7.31. The van der Waals surface area contributed by atoms with E-state index < -0.39 is 0 Å². The van der Waals surface area contributed by atoms with Crippen LogP contribution in [0.15, 0.2) is 78.6 Å². The van der Waals surface area contributed by atoms with E-state index in [1.807, 2.05) is 42.6 Å². The Hall–Kier alpha value is -3.02. The number of benzene rings is 1. The molecule has 0 unspecified atom stereocenters. The Morgan fingerprint density at radius 3 is 2.72 bits per heavy atom. The third-order valence-corrected chi connectivity index (χ3v) is 4.89. The van der Waals surface area contributed by atoms with Crippen LogP contribution in [0.4, 0.5) is 11.5 Å². The van der Waals surface area contributed by atoms with Crippen molar-refractivity contribution < 1.29 is 4.74 Å². The number of hydrogen-bond acceptors (Lipinski definition) is 5. The SMILES string of the molecule is C/C(=C\c1ccccc1)CN1CCO[C@H](c2ccc(Nc3ccccn3)cn2)C1. The lowest BCUT2D eigenvalue weighted by Crippen LogP contribution is -2.39. The van der Waals surface area contributed by atoms with E-state index in [0.29, 0.717) is 0 Å². The molecule has 5 heteroatoms. The topological polar surface area (TPSA) is 50.3 Å². The molecule has 0 radical (unpaired) electrons. The molecule has 1 saturated heterocycles. The van der Waals surface area contributed by atoms with E-state index in [4.69, 9.17) is 4.74 Å². The Labute approximate surface area is 172 Å². The van der Waals surface area contributed by atoms with E-state index in [1.165, 1.54) is 11.1 Å². The molecule has 4 rings (SSSR count). The fraction of sp³-hybridized carbons (Fsp3) is 0.250. The zero-order valence-corrected chi connectivity index (χ0v) is 16.7. The van der Waals surface area contributed by atoms with Crippen molar-refractivity contribution in [1.29, 1.82) is 0 Å². The van der Waals surface area contributed by atoms with Gasteiger partial charge in [-0.3, -0.25) is 9.88 Å². The van der Waals surface area contributed by atoms with Crippen LogP contribution in [-0.4, -0.2) is 41.1 Å². The molecule has 0 saturated carbocycles. The molecule has 0 bridgehead atoms. The molecule has 1 aliphatic rings. The Bertz CT molecular complexity index is 926. The third kappa shape index (κ3) is 5.50. The number of nitrogens with zero attached hydrogens (tertiary/aromatic N) is 3. The smallest absolute Gasteiger partial charge is 0.130 e. The molecule has 3 heterocycles. The minimum absolute atomic E-state index is 0.00262. The molecule has 1 N–H and O–H groups in total. The number of anilines is 2. The molecule has 1 fully saturated rings. The van der Waals surface area contributed by atoms with Gasteiger partial charge in [-0.05, 0) is 36.8 Å². The van der Waals surface area contributed by atoms with Crippen LogP contribution in [0, 0.1) is 0 Å². The van der Waals surface area contributed by atoms with Crippen LogP contribution in [0.3, 0.4) is 0 Å². The minimum Gasteiger partial charge on any atom is -0.369 e. The Morgan fingerprint density at radius 1 is 1.10 bits per heavy atom. The van der Waals surface area contributed by atoms with Crippen molar-refractivity contribution in [2.45, 2.75) is 13.0 Å². The second kappa shape index (κ2) is 9.45. The summed E-state index contributed by atoms with van der Waals surface area (Å²) in [6.45, 7) is 5.64. The van der Waals surface area contributed by atoms with Gasteiger partial charge in [0.15, 0.2) is 0 Å². The highest BCUT2D eigenvalue weighted by molar-refractivity contribution is 5.54. The van der Waals surface area contributed by atoms with Gasteiger partial charge in [0.25, 0.3) is 0 Å². The van der Waals surface area contributed by atoms with Crippen molar-refractivity contribution in [2.24, 2.45) is 0 Å². The summed E-state index contributed by atoms with van der Waals surface area (Å²) in [5.41, 5.74) is 4.47. The second-order valence-corrected chi connectivity index (χ2v) is 7.31. The van der Waals surface area contributed by atoms with E-state index >= 15 is 0 Å². The molecule has 0 amide bonds. The van der Waals surface area contributed by atoms with Crippen molar-refractivity contribution >= 4 is 17.6 Å². The number of nitrogens with one attached hydrogen (secondary N) is 1. The first-order valence-electron chi connectivity index (χ1n) is 9.96. The van der Waals surface area contributed by atoms with Crippen molar-refractivity contribution in [2.75, 3.05) is 31.6 Å². The molecule has 1 aliphatic heterocycles. The third-order valence-electron chi connectivity index (χ3n) is 4.89. The number of ether oxygens (including phenoxy) is 1. The standard InChI is InChI=1S/C24H26N4O/c1-19(15-20-7-3-2-4-8-20)17-28-13-14-29-23(18-28)22-11-10-21(16-26-22)27-24-9-5-6-12-25-24/h2-12,15-16,23H,13-14,17-18H2,1H3,(H,25,27)/b19-15+/t23-/m0/s1. The summed E-state index contributed by atoms with van der Waals surface area (Å²) < 4.78 is 6.00. The highest BCUT2D eigenvalue weighted by Gasteiger charge is 2.23. The maximum Gasteiger partial charge on any atom is 0.130 e. The van der Waals surface area contributed by atoms with E-state index in [1.54, 1.807) is 6.20 Å². The van der Waals surface area contributed by atoms with Crippen molar-refractivity contribution in [3.8, 4) is 0 Å². The monoisotopic (exact) mass is 386 g/mol. The van der Waals surface area contributed by atoms with Crippen LogP contribution in [0.2, 0.25) is 0 Å². The van der Waals surface area contributed by atoms with Gasteiger partial charge in [0, 0.05) is 25.8 Å². The van der Waals surface area contributed by atoms with Gasteiger partial charge in [-0.25, -0.2) is 4.98 Å². The van der Waals surface area contributed by atoms with E-state index in [9.17, 15) is 0 Å². The maximum atomic E-state index is 6.00. The first kappa shape index (κ1) is 19.3. The zero-order chi connectivity index (χ0) is 19.9. The predicted molar refractivity (Wildman–Crippen MR) is 117 cm³/mol. The van der Waals surface area contributed by atoms with Crippen LogP contribution >= 0.6 is 0 Å². The fourth-order valence-electron chi connectivity index (χ4n) is 3.51. The summed E-state index contributed by atoms with van der Waals surface area (Å²) in [6, 6.07) is 20.3. The average Bonchev–Trinajstić information content (AvgIpc) is 2.76. The van der Waals surface area contributed by atoms with Gasteiger partial charge in [-0.1, -0.05) is 48.0 Å². The van der Waals surface area contributed by atoms with Crippen LogP contribution in [0.1, 0.15) is 24.3 Å². The summed E-state index contributed by atoms with van der Waals surface area (Å²) in [7, 11) is 0. The van der Waals surface area contributed by atoms with Crippen LogP contribution in [0.5, 0.6) is 0 Å². The average molecular weight is 386 g/mol. The fourth-order valence-corrected chi connectivity index (χ4v) is 3.51. The molecular formula is C24H26N4O. The summed E-state index contributed by atoms with van der Waals surface area (Å²) >= 11 is 0. The molecule has 148 valence electrons. The maximum absolute atomic E-state index is 6.00. The molecule has 0 aliphatic carbocycles. The molecule has 0 spiro atoms. The predicted octanol–water partition coefficient (Wildman–Crippen LogP) is 4.70. The van der Waals surface area contributed by atoms with Gasteiger partial charge in [0.2, 0.25) is 0 Å². The molecule has 29 heavy (non-hydrogen) atoms. The number of hydrogen-bond donors (Lipinski definition) is 1.